The Balaban J connectivity index is 1.33. The zero-order chi connectivity index (χ0) is 44.5. The molecule has 0 bridgehead atoms. The van der Waals surface area contributed by atoms with Crippen LogP contribution in [0.25, 0.3) is 11.1 Å². The smallest absolute Gasteiger partial charge is 0.311 e. The van der Waals surface area contributed by atoms with Gasteiger partial charge in [0.1, 0.15) is 48.9 Å². The normalized spacial score (nSPS) is 13.1. The summed E-state index contributed by atoms with van der Waals surface area (Å²) >= 11 is 27.2. The van der Waals surface area contributed by atoms with E-state index in [-0.39, 0.29) is 72.3 Å². The van der Waals surface area contributed by atoms with E-state index in [1.165, 1.54) is 32.2 Å². The van der Waals surface area contributed by atoms with E-state index in [1.807, 2.05) is 18.2 Å². The van der Waals surface area contributed by atoms with Crippen LogP contribution < -0.4 is 19.5 Å². The summed E-state index contributed by atoms with van der Waals surface area (Å²) < 4.78 is 18.4. The number of phenols is 1. The van der Waals surface area contributed by atoms with Crippen LogP contribution in [0, 0.1) is 16.7 Å². The van der Waals surface area contributed by atoms with E-state index in [0.29, 0.717) is 60.3 Å². The highest BCUT2D eigenvalue weighted by molar-refractivity contribution is 6.37. The number of carboxylic acid groups (broad SMARTS) is 1. The molecule has 0 aliphatic rings. The summed E-state index contributed by atoms with van der Waals surface area (Å²) in [6, 6.07) is 20.6. The molecule has 0 aliphatic heterocycles. The molecule has 0 aliphatic carbocycles. The highest BCUT2D eigenvalue weighted by Gasteiger charge is 2.32. The SMILES string of the molecule is CC(=O)[C@](C)(CO)NCc1cc(Cl)c(OCc2cccc(-c3cccc(COc4cc(O)c(CC[C@@](C)(CO)C(=O)O)cc4Cl)c3Cl)c2Cl)cc1OCc1cncc(C#N)c1. The summed E-state index contributed by atoms with van der Waals surface area (Å²) in [4.78, 5) is 28.0. The number of ether oxygens (including phenoxy) is 3. The van der Waals surface area contributed by atoms with Gasteiger partial charge in [0.25, 0.3) is 0 Å². The first-order chi connectivity index (χ1) is 29.0. The lowest BCUT2D eigenvalue weighted by molar-refractivity contribution is -0.150. The van der Waals surface area contributed by atoms with E-state index < -0.39 is 30.1 Å². The van der Waals surface area contributed by atoms with E-state index in [0.717, 1.165) is 0 Å². The van der Waals surface area contributed by atoms with Crippen molar-refractivity contribution < 1.29 is 44.2 Å². The number of ketones is 1. The average molecular weight is 912 g/mol. The van der Waals surface area contributed by atoms with E-state index in [1.54, 1.807) is 49.5 Å². The van der Waals surface area contributed by atoms with Gasteiger partial charge in [-0.1, -0.05) is 82.8 Å². The molecular weight excluding hydrogens is 868 g/mol. The Morgan fingerprint density at radius 1 is 0.770 bits per heavy atom. The number of aliphatic hydroxyl groups excluding tert-OH is 2. The monoisotopic (exact) mass is 909 g/mol. The summed E-state index contributed by atoms with van der Waals surface area (Å²) in [7, 11) is 0. The molecule has 0 unspecified atom stereocenters. The minimum absolute atomic E-state index is 0.00155. The molecule has 1 aromatic heterocycles. The summed E-state index contributed by atoms with van der Waals surface area (Å²) in [5.74, 6) is -0.694. The largest absolute Gasteiger partial charge is 0.508 e. The fourth-order valence-corrected chi connectivity index (χ4v) is 7.04. The van der Waals surface area contributed by atoms with Gasteiger partial charge in [0, 0.05) is 64.5 Å². The molecule has 5 N–H and O–H groups in total. The third-order valence-corrected chi connectivity index (χ3v) is 11.8. The Labute approximate surface area is 373 Å². The second-order valence-corrected chi connectivity index (χ2v) is 16.4. The van der Waals surface area contributed by atoms with Crippen molar-refractivity contribution in [1.29, 1.82) is 5.26 Å². The number of phenolic OH excluding ortho intramolecular Hbond substituents is 1. The second-order valence-electron chi connectivity index (χ2n) is 14.8. The van der Waals surface area contributed by atoms with Gasteiger partial charge in [-0.3, -0.25) is 19.9 Å². The zero-order valence-corrected chi connectivity index (χ0v) is 36.4. The number of aliphatic hydroxyl groups is 2. The van der Waals surface area contributed by atoms with E-state index in [2.05, 4.69) is 16.4 Å². The van der Waals surface area contributed by atoms with Gasteiger partial charge in [0.15, 0.2) is 5.78 Å². The van der Waals surface area contributed by atoms with Crippen LogP contribution in [-0.2, 0) is 42.4 Å². The molecule has 12 nitrogen and oxygen atoms in total. The van der Waals surface area contributed by atoms with Gasteiger partial charge in [0.2, 0.25) is 0 Å². The van der Waals surface area contributed by atoms with Crippen molar-refractivity contribution in [2.75, 3.05) is 13.2 Å². The number of halogens is 4. The molecule has 4 aromatic carbocycles. The minimum Gasteiger partial charge on any atom is -0.508 e. The van der Waals surface area contributed by atoms with Crippen LogP contribution in [0.15, 0.2) is 79.1 Å². The number of aliphatic carboxylic acids is 1. The summed E-state index contributed by atoms with van der Waals surface area (Å²) in [5.41, 5.74) is 1.88. The third kappa shape index (κ3) is 11.4. The van der Waals surface area contributed by atoms with Crippen LogP contribution in [0.5, 0.6) is 23.0 Å². The Bertz CT molecular complexity index is 2460. The van der Waals surface area contributed by atoms with E-state index in [4.69, 9.17) is 60.6 Å². The van der Waals surface area contributed by atoms with Crippen LogP contribution in [0.2, 0.25) is 20.1 Å². The molecule has 0 saturated carbocycles. The fourth-order valence-electron chi connectivity index (χ4n) is 6.00. The number of aryl methyl sites for hydroxylation is 1. The lowest BCUT2D eigenvalue weighted by Gasteiger charge is -2.26. The first-order valence-electron chi connectivity index (χ1n) is 18.8. The summed E-state index contributed by atoms with van der Waals surface area (Å²) in [6.45, 7) is 3.58. The van der Waals surface area contributed by atoms with Crippen LogP contribution in [0.3, 0.4) is 0 Å². The molecule has 0 fully saturated rings. The molecule has 61 heavy (non-hydrogen) atoms. The highest BCUT2D eigenvalue weighted by Crippen LogP contribution is 2.40. The number of aromatic hydroxyl groups is 1. The van der Waals surface area contributed by atoms with Gasteiger partial charge >= 0.3 is 5.97 Å². The van der Waals surface area contributed by atoms with Gasteiger partial charge < -0.3 is 34.6 Å². The Morgan fingerprint density at radius 2 is 1.34 bits per heavy atom. The number of pyridine rings is 1. The lowest BCUT2D eigenvalue weighted by Crippen LogP contribution is -2.51. The fraction of sp³-hybridized carbons (Fsp3) is 0.289. The number of rotatable bonds is 20. The first-order valence-corrected chi connectivity index (χ1v) is 20.4. The lowest BCUT2D eigenvalue weighted by atomic mass is 9.85. The third-order valence-electron chi connectivity index (χ3n) is 10.4. The van der Waals surface area contributed by atoms with Crippen LogP contribution in [-0.4, -0.2) is 55.9 Å². The van der Waals surface area contributed by atoms with Crippen LogP contribution >= 0.6 is 46.4 Å². The van der Waals surface area contributed by atoms with Crippen molar-refractivity contribution in [3.8, 4) is 40.2 Å². The Morgan fingerprint density at radius 3 is 1.89 bits per heavy atom. The molecule has 0 amide bonds. The van der Waals surface area contributed by atoms with Crippen LogP contribution in [0.1, 0.15) is 60.6 Å². The number of carbonyl (C=O) groups is 2. The average Bonchev–Trinajstić information content (AvgIpc) is 3.25. The number of nitrogens with zero attached hydrogens (tertiary/aromatic N) is 2. The molecule has 2 atom stereocenters. The summed E-state index contributed by atoms with van der Waals surface area (Å²) in [5, 5.41) is 53.2. The van der Waals surface area contributed by atoms with Crippen LogP contribution in [0.4, 0.5) is 0 Å². The number of nitrogens with one attached hydrogen (secondary N) is 1. The standard InChI is InChI=1S/C45H43Cl4N3O9/c1-26(55)45(3,25-54)52-20-32-14-36(47)40(16-38(32)59-21-28-12-27(17-50)18-51-19-28)61-23-31-7-5-9-34(42(31)49)33-8-4-6-30(41(33)48)22-60-39-15-37(56)29(13-35(39)46)10-11-44(2,24-53)43(57)58/h4-9,12-16,18-19,52-54,56H,10-11,20-25H2,1-3H3,(H,57,58)/t44-,45-/m0/s1. The van der Waals surface area contributed by atoms with Crippen molar-refractivity contribution in [1.82, 2.24) is 10.3 Å². The quantitative estimate of drug-likeness (QED) is 0.0499. The van der Waals surface area contributed by atoms with Crippen molar-refractivity contribution >= 4 is 58.2 Å². The van der Waals surface area contributed by atoms with Crippen molar-refractivity contribution in [3.05, 3.63) is 133 Å². The molecular formula is C45H43Cl4N3O9. The molecule has 320 valence electrons. The first kappa shape index (κ1) is 47.0. The van der Waals surface area contributed by atoms with E-state index >= 15 is 0 Å². The summed E-state index contributed by atoms with van der Waals surface area (Å²) in [6.07, 6.45) is 3.26. The molecule has 5 rings (SSSR count). The number of Topliss-reactive ketones (excluding diaryl/α,β-unsaturated/α-hetero) is 1. The van der Waals surface area contributed by atoms with Crippen molar-refractivity contribution in [2.24, 2.45) is 5.41 Å². The topological polar surface area (TPSA) is 191 Å². The molecule has 1 heterocycles. The number of benzene rings is 4. The Hall–Kier alpha value is -5.10. The molecule has 5 aromatic rings. The second kappa shape index (κ2) is 20.6. The predicted molar refractivity (Wildman–Crippen MR) is 233 cm³/mol. The maximum atomic E-state index is 12.3. The molecule has 0 radical (unpaired) electrons. The molecule has 0 spiro atoms. The zero-order valence-electron chi connectivity index (χ0n) is 33.4. The molecule has 0 saturated heterocycles. The van der Waals surface area contributed by atoms with Gasteiger partial charge in [-0.2, -0.15) is 5.26 Å². The maximum absolute atomic E-state index is 12.3. The van der Waals surface area contributed by atoms with Crippen molar-refractivity contribution in [2.45, 2.75) is 65.5 Å². The highest BCUT2D eigenvalue weighted by atomic mass is 35.5. The number of carbonyl (C=O) groups excluding carboxylic acids is 1. The van der Waals surface area contributed by atoms with Gasteiger partial charge in [-0.15, -0.1) is 0 Å². The predicted octanol–water partition coefficient (Wildman–Crippen LogP) is 9.12. The van der Waals surface area contributed by atoms with Gasteiger partial charge in [0.05, 0.1) is 49.8 Å². The van der Waals surface area contributed by atoms with Crippen molar-refractivity contribution in [3.63, 3.8) is 0 Å². The number of hydrogen-bond acceptors (Lipinski definition) is 11. The number of carboxylic acids is 1. The minimum atomic E-state index is -1.37. The van der Waals surface area contributed by atoms with E-state index in [9.17, 15) is 35.3 Å². The number of aromatic nitrogens is 1. The number of hydrogen-bond donors (Lipinski definition) is 5. The maximum Gasteiger partial charge on any atom is 0.311 e. The van der Waals surface area contributed by atoms with Gasteiger partial charge in [-0.05, 0) is 57.4 Å². The number of nitriles is 1. The van der Waals surface area contributed by atoms with Gasteiger partial charge in [-0.25, -0.2) is 0 Å². The molecule has 16 heteroatoms. The Kier molecular flexibility index (Phi) is 15.9.